The lowest BCUT2D eigenvalue weighted by molar-refractivity contribution is 0.0952. The Labute approximate surface area is 166 Å². The Morgan fingerprint density at radius 2 is 2.04 bits per heavy atom. The zero-order chi connectivity index (χ0) is 19.6. The van der Waals surface area contributed by atoms with Crippen molar-refractivity contribution in [1.29, 1.82) is 0 Å². The molecule has 0 aliphatic heterocycles. The lowest BCUT2D eigenvalue weighted by Crippen LogP contribution is -2.28. The van der Waals surface area contributed by atoms with Crippen LogP contribution in [0.25, 0.3) is 10.9 Å². The van der Waals surface area contributed by atoms with Crippen LogP contribution in [0.4, 0.5) is 0 Å². The number of nitrogens with one attached hydrogen (secondary N) is 2. The van der Waals surface area contributed by atoms with Gasteiger partial charge in [-0.05, 0) is 50.1 Å². The van der Waals surface area contributed by atoms with Crippen LogP contribution in [0.1, 0.15) is 47.4 Å². The van der Waals surface area contributed by atoms with E-state index in [2.05, 4.69) is 44.6 Å². The normalized spacial score (nSPS) is 11.1. The van der Waals surface area contributed by atoms with Gasteiger partial charge in [-0.2, -0.15) is 0 Å². The number of amides is 1. The molecule has 6 heteroatoms. The van der Waals surface area contributed by atoms with E-state index in [0.717, 1.165) is 46.0 Å². The molecule has 2 N–H and O–H groups in total. The van der Waals surface area contributed by atoms with E-state index in [-0.39, 0.29) is 18.0 Å². The third-order valence-electron chi connectivity index (χ3n) is 4.75. The Morgan fingerprint density at radius 1 is 1.26 bits per heavy atom. The molecule has 27 heavy (non-hydrogen) atoms. The van der Waals surface area contributed by atoms with E-state index in [4.69, 9.17) is 0 Å². The molecule has 2 aromatic heterocycles. The number of hydrogen-bond donors (Lipinski definition) is 2. The molecule has 1 amide bonds. The van der Waals surface area contributed by atoms with Gasteiger partial charge in [0.2, 0.25) is 0 Å². The Morgan fingerprint density at radius 3 is 2.74 bits per heavy atom. The summed E-state index contributed by atoms with van der Waals surface area (Å²) >= 11 is 3.50. The summed E-state index contributed by atoms with van der Waals surface area (Å²) in [6.45, 7) is 7.07. The van der Waals surface area contributed by atoms with E-state index in [1.54, 1.807) is 0 Å². The van der Waals surface area contributed by atoms with Crippen molar-refractivity contribution in [1.82, 2.24) is 14.9 Å². The first kappa shape index (κ1) is 19.4. The van der Waals surface area contributed by atoms with Crippen LogP contribution in [0.15, 0.2) is 39.7 Å². The topological polar surface area (TPSA) is 66.9 Å². The van der Waals surface area contributed by atoms with Gasteiger partial charge in [-0.1, -0.05) is 29.3 Å². The van der Waals surface area contributed by atoms with Crippen molar-refractivity contribution in [3.8, 4) is 0 Å². The molecular weight excluding hydrogens is 406 g/mol. The van der Waals surface area contributed by atoms with Crippen LogP contribution in [0, 0.1) is 6.92 Å². The molecule has 0 atom stereocenters. The molecule has 3 aromatic rings. The van der Waals surface area contributed by atoms with Gasteiger partial charge in [0.1, 0.15) is 0 Å². The lowest BCUT2D eigenvalue weighted by atomic mass is 10.0. The van der Waals surface area contributed by atoms with Gasteiger partial charge >= 0.3 is 0 Å². The van der Waals surface area contributed by atoms with Gasteiger partial charge in [0, 0.05) is 51.5 Å². The van der Waals surface area contributed by atoms with Crippen LogP contribution in [-0.4, -0.2) is 15.5 Å². The Hall–Kier alpha value is -2.34. The second-order valence-corrected chi connectivity index (χ2v) is 7.62. The summed E-state index contributed by atoms with van der Waals surface area (Å²) in [6.07, 6.45) is 3.75. The summed E-state index contributed by atoms with van der Waals surface area (Å²) in [5, 5.41) is 3.84. The highest BCUT2D eigenvalue weighted by Crippen LogP contribution is 2.25. The van der Waals surface area contributed by atoms with E-state index in [1.807, 2.05) is 37.4 Å². The number of hydrogen-bond acceptors (Lipinski definition) is 2. The van der Waals surface area contributed by atoms with E-state index in [1.165, 1.54) is 0 Å². The second-order valence-electron chi connectivity index (χ2n) is 6.71. The molecule has 0 unspecified atom stereocenters. The van der Waals surface area contributed by atoms with Crippen molar-refractivity contribution in [2.75, 3.05) is 0 Å². The van der Waals surface area contributed by atoms with Crippen molar-refractivity contribution in [3.63, 3.8) is 0 Å². The predicted octanol–water partition coefficient (Wildman–Crippen LogP) is 4.30. The first-order valence-electron chi connectivity index (χ1n) is 9.22. The minimum atomic E-state index is -0.183. The summed E-state index contributed by atoms with van der Waals surface area (Å²) in [6, 6.07) is 7.79. The lowest BCUT2D eigenvalue weighted by Gasteiger charge is -2.12. The van der Waals surface area contributed by atoms with Gasteiger partial charge in [-0.25, -0.2) is 0 Å². The number of nitrogens with zero attached hydrogens (tertiary/aromatic N) is 1. The molecule has 142 valence electrons. The fraction of sp³-hybridized carbons (Fsp3) is 0.333. The number of rotatable bonds is 6. The molecule has 0 fully saturated rings. The van der Waals surface area contributed by atoms with Gasteiger partial charge in [0.05, 0.1) is 0 Å². The minimum Gasteiger partial charge on any atom is -0.348 e. The standard InChI is InChI=1S/C21H24BrN3O2/c1-4-6-14-9-13(3)24-21(27)18(14)12-23-20(26)17-10-15(22)11-19-16(17)7-8-25(19)5-2/h7-11H,4-6,12H2,1-3H3,(H,23,26)(H,24,27). The number of fused-ring (bicyclic) bond motifs is 1. The monoisotopic (exact) mass is 429 g/mol. The maximum Gasteiger partial charge on any atom is 0.253 e. The van der Waals surface area contributed by atoms with Crippen molar-refractivity contribution >= 4 is 32.7 Å². The van der Waals surface area contributed by atoms with Crippen LogP contribution < -0.4 is 10.9 Å². The van der Waals surface area contributed by atoms with Gasteiger partial charge in [-0.15, -0.1) is 0 Å². The molecule has 0 aliphatic carbocycles. The van der Waals surface area contributed by atoms with E-state index in [9.17, 15) is 9.59 Å². The fourth-order valence-electron chi connectivity index (χ4n) is 3.46. The Kier molecular flexibility index (Phi) is 5.85. The second kappa shape index (κ2) is 8.13. The number of carbonyl (C=O) groups excluding carboxylic acids is 1. The first-order valence-corrected chi connectivity index (χ1v) is 10.0. The maximum absolute atomic E-state index is 12.9. The average molecular weight is 430 g/mol. The average Bonchev–Trinajstić information content (AvgIpc) is 3.03. The van der Waals surface area contributed by atoms with Crippen molar-refractivity contribution in [2.45, 2.75) is 46.7 Å². The number of benzene rings is 1. The summed E-state index contributed by atoms with van der Waals surface area (Å²) in [4.78, 5) is 28.1. The van der Waals surface area contributed by atoms with Gasteiger partial charge in [0.25, 0.3) is 11.5 Å². The highest BCUT2D eigenvalue weighted by molar-refractivity contribution is 9.10. The molecule has 0 saturated heterocycles. The largest absolute Gasteiger partial charge is 0.348 e. The molecule has 5 nitrogen and oxygen atoms in total. The summed E-state index contributed by atoms with van der Waals surface area (Å²) in [5.41, 5.74) is 3.95. The number of aromatic amines is 1. The van der Waals surface area contributed by atoms with Crippen LogP contribution >= 0.6 is 15.9 Å². The van der Waals surface area contributed by atoms with E-state index in [0.29, 0.717) is 11.1 Å². The molecule has 0 saturated carbocycles. The molecule has 1 aromatic carbocycles. The van der Waals surface area contributed by atoms with E-state index >= 15 is 0 Å². The number of carbonyl (C=O) groups is 1. The zero-order valence-electron chi connectivity index (χ0n) is 15.9. The summed E-state index contributed by atoms with van der Waals surface area (Å²) in [5.74, 6) is -0.183. The molecule has 3 rings (SSSR count). The highest BCUT2D eigenvalue weighted by Gasteiger charge is 2.15. The van der Waals surface area contributed by atoms with Crippen LogP contribution in [-0.2, 0) is 19.5 Å². The van der Waals surface area contributed by atoms with Gasteiger partial charge in [-0.3, -0.25) is 9.59 Å². The maximum atomic E-state index is 12.9. The van der Waals surface area contributed by atoms with E-state index < -0.39 is 0 Å². The predicted molar refractivity (Wildman–Crippen MR) is 112 cm³/mol. The van der Waals surface area contributed by atoms with Crippen LogP contribution in [0.5, 0.6) is 0 Å². The summed E-state index contributed by atoms with van der Waals surface area (Å²) in [7, 11) is 0. The van der Waals surface area contributed by atoms with Crippen LogP contribution in [0.2, 0.25) is 0 Å². The third-order valence-corrected chi connectivity index (χ3v) is 5.20. The smallest absolute Gasteiger partial charge is 0.253 e. The number of halogens is 1. The van der Waals surface area contributed by atoms with Gasteiger partial charge < -0.3 is 14.9 Å². The Balaban J connectivity index is 1.91. The number of H-pyrrole nitrogens is 1. The zero-order valence-corrected chi connectivity index (χ0v) is 17.4. The third kappa shape index (κ3) is 4.00. The molecule has 2 heterocycles. The molecule has 0 radical (unpaired) electrons. The van der Waals surface area contributed by atoms with Crippen LogP contribution in [0.3, 0.4) is 0 Å². The Bertz CT molecular complexity index is 1050. The number of aromatic nitrogens is 2. The summed E-state index contributed by atoms with van der Waals surface area (Å²) < 4.78 is 2.95. The molecule has 0 spiro atoms. The molecule has 0 aliphatic rings. The van der Waals surface area contributed by atoms with Gasteiger partial charge in [0.15, 0.2) is 0 Å². The first-order chi connectivity index (χ1) is 12.9. The van der Waals surface area contributed by atoms with Crippen molar-refractivity contribution in [3.05, 3.63) is 67.7 Å². The molecule has 0 bridgehead atoms. The van der Waals surface area contributed by atoms with Crippen molar-refractivity contribution < 1.29 is 4.79 Å². The highest BCUT2D eigenvalue weighted by atomic mass is 79.9. The quantitative estimate of drug-likeness (QED) is 0.612. The fourth-order valence-corrected chi connectivity index (χ4v) is 3.91. The number of aryl methyl sites for hydroxylation is 3. The number of pyridine rings is 1. The van der Waals surface area contributed by atoms with Crippen molar-refractivity contribution in [2.24, 2.45) is 0 Å². The minimum absolute atomic E-state index is 0.129. The molecular formula is C21H24BrN3O2. The SMILES string of the molecule is CCCc1cc(C)[nH]c(=O)c1CNC(=O)c1cc(Br)cc2c1ccn2CC.